The van der Waals surface area contributed by atoms with E-state index in [0.717, 1.165) is 6.26 Å². The number of pyridine rings is 1. The molecule has 0 fully saturated rings. The average molecular weight is 295 g/mol. The van der Waals surface area contributed by atoms with Crippen molar-refractivity contribution < 1.29 is 13.2 Å². The predicted octanol–water partition coefficient (Wildman–Crippen LogP) is -0.635. The van der Waals surface area contributed by atoms with Gasteiger partial charge < -0.3 is 11.1 Å². The van der Waals surface area contributed by atoms with Gasteiger partial charge in [0.2, 0.25) is 10.0 Å². The fourth-order valence-corrected chi connectivity index (χ4v) is 1.58. The van der Waals surface area contributed by atoms with E-state index in [2.05, 4.69) is 15.0 Å². The molecule has 4 N–H and O–H groups in total. The molecule has 0 spiro atoms. The summed E-state index contributed by atoms with van der Waals surface area (Å²) < 4.78 is 23.7. The highest BCUT2D eigenvalue weighted by Crippen LogP contribution is 2.07. The Kier molecular flexibility index (Phi) is 6.60. The van der Waals surface area contributed by atoms with Crippen LogP contribution in [0.3, 0.4) is 0 Å². The molecule has 0 aliphatic carbocycles. The zero-order chi connectivity index (χ0) is 12.9. The van der Waals surface area contributed by atoms with Crippen LogP contribution in [0.5, 0.6) is 0 Å². The molecule has 0 radical (unpaired) electrons. The third-order valence-corrected chi connectivity index (χ3v) is 2.60. The highest BCUT2D eigenvalue weighted by molar-refractivity contribution is 7.88. The second-order valence-corrected chi connectivity index (χ2v) is 5.22. The van der Waals surface area contributed by atoms with Gasteiger partial charge in [0.1, 0.15) is 0 Å². The fourth-order valence-electron chi connectivity index (χ4n) is 1.10. The molecule has 0 aromatic carbocycles. The summed E-state index contributed by atoms with van der Waals surface area (Å²) >= 11 is 0. The van der Waals surface area contributed by atoms with Crippen LogP contribution in [-0.2, 0) is 10.0 Å². The van der Waals surface area contributed by atoms with Crippen LogP contribution in [0, 0.1) is 0 Å². The molecule has 102 valence electrons. The first-order chi connectivity index (χ1) is 7.90. The Labute approximate surface area is 112 Å². The van der Waals surface area contributed by atoms with Gasteiger partial charge >= 0.3 is 0 Å². The lowest BCUT2D eigenvalue weighted by atomic mass is 10.2. The molecule has 1 rings (SSSR count). The summed E-state index contributed by atoms with van der Waals surface area (Å²) in [4.78, 5) is 15.4. The lowest BCUT2D eigenvalue weighted by Gasteiger charge is -2.06. The number of hydrogen-bond donors (Lipinski definition) is 3. The van der Waals surface area contributed by atoms with E-state index in [1.807, 2.05) is 0 Å². The van der Waals surface area contributed by atoms with E-state index >= 15 is 0 Å². The monoisotopic (exact) mass is 294 g/mol. The van der Waals surface area contributed by atoms with E-state index in [4.69, 9.17) is 5.73 Å². The molecule has 0 bridgehead atoms. The van der Waals surface area contributed by atoms with E-state index in [9.17, 15) is 13.2 Å². The molecule has 1 heterocycles. The second-order valence-electron chi connectivity index (χ2n) is 3.39. The van der Waals surface area contributed by atoms with Crippen molar-refractivity contribution in [1.82, 2.24) is 15.0 Å². The van der Waals surface area contributed by atoms with E-state index < -0.39 is 10.0 Å². The zero-order valence-corrected chi connectivity index (χ0v) is 11.3. The summed E-state index contributed by atoms with van der Waals surface area (Å²) in [6.45, 7) is 0.310. The van der Waals surface area contributed by atoms with Gasteiger partial charge in [-0.15, -0.1) is 12.4 Å². The first-order valence-corrected chi connectivity index (χ1v) is 6.71. The number of nitrogens with zero attached hydrogens (tertiary/aromatic N) is 1. The molecule has 9 heteroatoms. The molecule has 0 saturated heterocycles. The Bertz CT molecular complexity index is 506. The molecule has 18 heavy (non-hydrogen) atoms. The van der Waals surface area contributed by atoms with Crippen LogP contribution < -0.4 is 15.8 Å². The maximum Gasteiger partial charge on any atom is 0.254 e. The van der Waals surface area contributed by atoms with Crippen molar-refractivity contribution in [1.29, 1.82) is 0 Å². The zero-order valence-electron chi connectivity index (χ0n) is 9.71. The number of carbonyl (C=O) groups is 1. The van der Waals surface area contributed by atoms with Crippen molar-refractivity contribution in [2.24, 2.45) is 0 Å². The normalized spacial score (nSPS) is 10.5. The fraction of sp³-hybridized carbons (Fsp3) is 0.333. The number of aromatic nitrogens is 1. The molecule has 0 saturated carbocycles. The van der Waals surface area contributed by atoms with Crippen LogP contribution in [0.2, 0.25) is 0 Å². The molecular formula is C9H15ClN4O3S. The number of carbonyl (C=O) groups excluding carboxylic acids is 1. The molecule has 1 aromatic heterocycles. The lowest BCUT2D eigenvalue weighted by molar-refractivity contribution is 0.0955. The van der Waals surface area contributed by atoms with Gasteiger partial charge in [-0.2, -0.15) is 0 Å². The van der Waals surface area contributed by atoms with Crippen LogP contribution in [-0.4, -0.2) is 38.7 Å². The molecule has 0 atom stereocenters. The Hall–Kier alpha value is -1.38. The second kappa shape index (κ2) is 7.14. The molecule has 1 aromatic rings. The van der Waals surface area contributed by atoms with Gasteiger partial charge in [-0.1, -0.05) is 0 Å². The van der Waals surface area contributed by atoms with Crippen molar-refractivity contribution in [3.05, 3.63) is 24.0 Å². The van der Waals surface area contributed by atoms with Crippen molar-refractivity contribution in [2.45, 2.75) is 0 Å². The standard InChI is InChI=1S/C9H14N4O3S.ClH/c1-17(15,16)13-5-4-12-9(14)7-6-11-3-2-8(7)10;/h2-3,6,13H,4-5H2,1H3,(H2,10,11)(H,12,14);1H. The average Bonchev–Trinajstić information content (AvgIpc) is 2.23. The van der Waals surface area contributed by atoms with Crippen molar-refractivity contribution >= 4 is 34.0 Å². The number of rotatable bonds is 5. The topological polar surface area (TPSA) is 114 Å². The maximum absolute atomic E-state index is 11.6. The number of halogens is 1. The molecule has 1 amide bonds. The van der Waals surface area contributed by atoms with Crippen LogP contribution in [0.1, 0.15) is 10.4 Å². The Balaban J connectivity index is 0.00000289. The quantitative estimate of drug-likeness (QED) is 0.625. The molecular weight excluding hydrogens is 280 g/mol. The number of nitrogens with two attached hydrogens (primary N) is 1. The SMILES string of the molecule is CS(=O)(=O)NCCNC(=O)c1cnccc1N.Cl. The Morgan fingerprint density at radius 3 is 2.67 bits per heavy atom. The number of nitrogen functional groups attached to an aromatic ring is 1. The molecule has 0 aliphatic heterocycles. The number of anilines is 1. The summed E-state index contributed by atoms with van der Waals surface area (Å²) in [6, 6.07) is 1.52. The molecule has 7 nitrogen and oxygen atoms in total. The van der Waals surface area contributed by atoms with Crippen molar-refractivity contribution in [3.8, 4) is 0 Å². The molecule has 0 aliphatic rings. The minimum atomic E-state index is -3.23. The summed E-state index contributed by atoms with van der Waals surface area (Å²) in [5.41, 5.74) is 6.18. The third kappa shape index (κ3) is 5.80. The van der Waals surface area contributed by atoms with E-state index in [0.29, 0.717) is 5.69 Å². The Morgan fingerprint density at radius 2 is 2.11 bits per heavy atom. The number of amides is 1. The van der Waals surface area contributed by atoms with Crippen molar-refractivity contribution in [2.75, 3.05) is 25.1 Å². The number of nitrogens with one attached hydrogen (secondary N) is 2. The summed E-state index contributed by atoms with van der Waals surface area (Å²) in [6.07, 6.45) is 3.89. The van der Waals surface area contributed by atoms with Gasteiger partial charge in [0.05, 0.1) is 11.8 Å². The van der Waals surface area contributed by atoms with E-state index in [-0.39, 0.29) is 37.0 Å². The van der Waals surface area contributed by atoms with Gasteiger partial charge in [-0.05, 0) is 6.07 Å². The Morgan fingerprint density at radius 1 is 1.44 bits per heavy atom. The summed E-state index contributed by atoms with van der Waals surface area (Å²) in [7, 11) is -3.23. The van der Waals surface area contributed by atoms with Gasteiger partial charge in [0.15, 0.2) is 0 Å². The minimum absolute atomic E-state index is 0. The van der Waals surface area contributed by atoms with Crippen LogP contribution in [0.15, 0.2) is 18.5 Å². The van der Waals surface area contributed by atoms with Crippen LogP contribution in [0.4, 0.5) is 5.69 Å². The highest BCUT2D eigenvalue weighted by atomic mass is 35.5. The predicted molar refractivity (Wildman–Crippen MR) is 71.1 cm³/mol. The van der Waals surface area contributed by atoms with Crippen LogP contribution >= 0.6 is 12.4 Å². The van der Waals surface area contributed by atoms with E-state index in [1.165, 1.54) is 18.5 Å². The smallest absolute Gasteiger partial charge is 0.254 e. The number of hydrogen-bond acceptors (Lipinski definition) is 5. The summed E-state index contributed by atoms with van der Waals surface area (Å²) in [5, 5.41) is 2.53. The highest BCUT2D eigenvalue weighted by Gasteiger charge is 2.08. The first-order valence-electron chi connectivity index (χ1n) is 4.82. The largest absolute Gasteiger partial charge is 0.398 e. The van der Waals surface area contributed by atoms with Gasteiger partial charge in [-0.3, -0.25) is 9.78 Å². The van der Waals surface area contributed by atoms with Gasteiger partial charge in [-0.25, -0.2) is 13.1 Å². The van der Waals surface area contributed by atoms with Crippen LogP contribution in [0.25, 0.3) is 0 Å². The first kappa shape index (κ1) is 16.6. The van der Waals surface area contributed by atoms with Gasteiger partial charge in [0, 0.05) is 31.2 Å². The third-order valence-electron chi connectivity index (χ3n) is 1.87. The van der Waals surface area contributed by atoms with E-state index in [1.54, 1.807) is 0 Å². The molecule has 0 unspecified atom stereocenters. The van der Waals surface area contributed by atoms with Gasteiger partial charge in [0.25, 0.3) is 5.91 Å². The minimum Gasteiger partial charge on any atom is -0.398 e. The maximum atomic E-state index is 11.6. The summed E-state index contributed by atoms with van der Waals surface area (Å²) in [5.74, 6) is -0.383. The lowest BCUT2D eigenvalue weighted by Crippen LogP contribution is -2.34. The number of sulfonamides is 1. The van der Waals surface area contributed by atoms with Crippen molar-refractivity contribution in [3.63, 3.8) is 0 Å².